The Morgan fingerprint density at radius 1 is 1.27 bits per heavy atom. The Hall–Kier alpha value is -2.24. The highest BCUT2D eigenvalue weighted by Gasteiger charge is 2.17. The van der Waals surface area contributed by atoms with Crippen LogP contribution < -0.4 is 14.8 Å². The van der Waals surface area contributed by atoms with Crippen LogP contribution in [0.3, 0.4) is 0 Å². The van der Waals surface area contributed by atoms with Crippen molar-refractivity contribution < 1.29 is 24.2 Å². The number of hydrogen-bond acceptors (Lipinski definition) is 4. The minimum absolute atomic E-state index is 0.00580. The van der Waals surface area contributed by atoms with E-state index in [2.05, 4.69) is 5.32 Å². The normalized spacial score (nSPS) is 15.1. The summed E-state index contributed by atoms with van der Waals surface area (Å²) in [7, 11) is 1.48. The number of rotatable bonds is 6. The number of methoxy groups -OCH3 is 1. The minimum atomic E-state index is -1.11. The van der Waals surface area contributed by atoms with Crippen molar-refractivity contribution >= 4 is 11.9 Å². The summed E-state index contributed by atoms with van der Waals surface area (Å²) >= 11 is 0. The molecule has 0 aromatic heterocycles. The molecule has 1 aromatic rings. The van der Waals surface area contributed by atoms with Gasteiger partial charge in [0.05, 0.1) is 7.11 Å². The number of hydrogen-bond donors (Lipinski definition) is 2. The molecule has 6 heteroatoms. The molecule has 1 saturated carbocycles. The number of carboxylic acid groups (broad SMARTS) is 1. The van der Waals surface area contributed by atoms with Gasteiger partial charge in [-0.25, -0.2) is 4.79 Å². The maximum Gasteiger partial charge on any atom is 0.339 e. The number of carbonyl (C=O) groups is 2. The van der Waals surface area contributed by atoms with E-state index in [4.69, 9.17) is 14.6 Å². The first-order valence-corrected chi connectivity index (χ1v) is 7.43. The monoisotopic (exact) mass is 307 g/mol. The third-order valence-corrected chi connectivity index (χ3v) is 3.75. The number of ether oxygens (including phenoxy) is 2. The Kier molecular flexibility index (Phi) is 5.63. The molecule has 1 amide bonds. The second-order valence-electron chi connectivity index (χ2n) is 5.36. The smallest absolute Gasteiger partial charge is 0.339 e. The van der Waals surface area contributed by atoms with E-state index in [-0.39, 0.29) is 29.9 Å². The molecule has 1 fully saturated rings. The highest BCUT2D eigenvalue weighted by Crippen LogP contribution is 2.25. The van der Waals surface area contributed by atoms with Gasteiger partial charge in [-0.1, -0.05) is 19.3 Å². The molecular formula is C16H21NO5. The Morgan fingerprint density at radius 2 is 2.00 bits per heavy atom. The average molecular weight is 307 g/mol. The molecule has 0 saturated heterocycles. The second kappa shape index (κ2) is 7.68. The summed E-state index contributed by atoms with van der Waals surface area (Å²) in [5, 5.41) is 12.1. The van der Waals surface area contributed by atoms with Gasteiger partial charge in [-0.2, -0.15) is 0 Å². The molecular weight excluding hydrogens is 286 g/mol. The lowest BCUT2D eigenvalue weighted by molar-refractivity contribution is -0.124. The van der Waals surface area contributed by atoms with E-state index in [0.29, 0.717) is 5.75 Å². The topological polar surface area (TPSA) is 84.9 Å². The molecule has 0 unspecified atom stereocenters. The molecule has 1 aliphatic carbocycles. The molecule has 1 aliphatic rings. The van der Waals surface area contributed by atoms with Crippen molar-refractivity contribution in [1.82, 2.24) is 5.32 Å². The third kappa shape index (κ3) is 4.38. The van der Waals surface area contributed by atoms with Gasteiger partial charge in [0, 0.05) is 12.1 Å². The van der Waals surface area contributed by atoms with Gasteiger partial charge in [0.25, 0.3) is 5.91 Å². The van der Waals surface area contributed by atoms with Crippen molar-refractivity contribution in [1.29, 1.82) is 0 Å². The lowest BCUT2D eigenvalue weighted by atomic mass is 9.95. The Bertz CT molecular complexity index is 537. The maximum atomic E-state index is 11.9. The number of amides is 1. The van der Waals surface area contributed by atoms with Gasteiger partial charge in [0.15, 0.2) is 6.61 Å². The standard InChI is InChI=1S/C16H21NO5/c1-21-12-7-8-13(16(19)20)14(9-12)22-10-15(18)17-11-5-3-2-4-6-11/h7-9,11H,2-6,10H2,1H3,(H,17,18)(H,19,20). The third-order valence-electron chi connectivity index (χ3n) is 3.75. The number of benzene rings is 1. The number of carbonyl (C=O) groups excluding carboxylic acids is 1. The average Bonchev–Trinajstić information content (AvgIpc) is 2.53. The fourth-order valence-corrected chi connectivity index (χ4v) is 2.59. The van der Waals surface area contributed by atoms with Crippen LogP contribution in [0.5, 0.6) is 11.5 Å². The fraction of sp³-hybridized carbons (Fsp3) is 0.500. The molecule has 0 aliphatic heterocycles. The highest BCUT2D eigenvalue weighted by molar-refractivity contribution is 5.91. The van der Waals surface area contributed by atoms with Crippen LogP contribution in [0.15, 0.2) is 18.2 Å². The first kappa shape index (κ1) is 16.1. The summed E-state index contributed by atoms with van der Waals surface area (Å²) in [5.41, 5.74) is 0.00580. The molecule has 22 heavy (non-hydrogen) atoms. The van der Waals surface area contributed by atoms with Gasteiger partial charge in [-0.15, -0.1) is 0 Å². The van der Waals surface area contributed by atoms with Crippen molar-refractivity contribution in [3.8, 4) is 11.5 Å². The second-order valence-corrected chi connectivity index (χ2v) is 5.36. The Balaban J connectivity index is 1.94. The van der Waals surface area contributed by atoms with Gasteiger partial charge >= 0.3 is 5.97 Å². The summed E-state index contributed by atoms with van der Waals surface area (Å²) in [6.07, 6.45) is 5.46. The molecule has 0 spiro atoms. The van der Waals surface area contributed by atoms with Crippen molar-refractivity contribution in [3.63, 3.8) is 0 Å². The quantitative estimate of drug-likeness (QED) is 0.842. The van der Waals surface area contributed by atoms with Crippen LogP contribution in [0.2, 0.25) is 0 Å². The van der Waals surface area contributed by atoms with Crippen molar-refractivity contribution in [3.05, 3.63) is 23.8 Å². The van der Waals surface area contributed by atoms with Crippen LogP contribution in [0, 0.1) is 0 Å². The van der Waals surface area contributed by atoms with Crippen LogP contribution in [0.4, 0.5) is 0 Å². The van der Waals surface area contributed by atoms with Crippen LogP contribution in [0.1, 0.15) is 42.5 Å². The largest absolute Gasteiger partial charge is 0.497 e. The molecule has 0 bridgehead atoms. The molecule has 6 nitrogen and oxygen atoms in total. The zero-order valence-corrected chi connectivity index (χ0v) is 12.6. The van der Waals surface area contributed by atoms with E-state index in [1.165, 1.54) is 25.7 Å². The van der Waals surface area contributed by atoms with E-state index >= 15 is 0 Å². The summed E-state index contributed by atoms with van der Waals surface area (Å²) in [4.78, 5) is 23.1. The molecule has 0 heterocycles. The van der Waals surface area contributed by atoms with E-state index in [9.17, 15) is 9.59 Å². The van der Waals surface area contributed by atoms with Crippen LogP contribution >= 0.6 is 0 Å². The zero-order chi connectivity index (χ0) is 15.9. The first-order chi connectivity index (χ1) is 10.6. The number of carboxylic acids is 1. The van der Waals surface area contributed by atoms with E-state index in [0.717, 1.165) is 25.7 Å². The van der Waals surface area contributed by atoms with Gasteiger partial charge in [0.2, 0.25) is 0 Å². The fourth-order valence-electron chi connectivity index (χ4n) is 2.59. The molecule has 0 atom stereocenters. The Morgan fingerprint density at radius 3 is 2.64 bits per heavy atom. The van der Waals surface area contributed by atoms with E-state index in [1.54, 1.807) is 6.07 Å². The highest BCUT2D eigenvalue weighted by atomic mass is 16.5. The zero-order valence-electron chi connectivity index (χ0n) is 12.6. The lowest BCUT2D eigenvalue weighted by Gasteiger charge is -2.22. The lowest BCUT2D eigenvalue weighted by Crippen LogP contribution is -2.39. The van der Waals surface area contributed by atoms with E-state index < -0.39 is 5.97 Å². The first-order valence-electron chi connectivity index (χ1n) is 7.43. The van der Waals surface area contributed by atoms with Crippen LogP contribution in [-0.4, -0.2) is 36.7 Å². The van der Waals surface area contributed by atoms with Crippen LogP contribution in [0.25, 0.3) is 0 Å². The van der Waals surface area contributed by atoms with E-state index in [1.807, 2.05) is 0 Å². The van der Waals surface area contributed by atoms with Gasteiger partial charge in [0.1, 0.15) is 17.1 Å². The summed E-state index contributed by atoms with van der Waals surface area (Å²) < 4.78 is 10.4. The van der Waals surface area contributed by atoms with Gasteiger partial charge in [-0.3, -0.25) is 4.79 Å². The SMILES string of the molecule is COc1ccc(C(=O)O)c(OCC(=O)NC2CCCCC2)c1. The number of nitrogens with one attached hydrogen (secondary N) is 1. The maximum absolute atomic E-state index is 11.9. The molecule has 1 aromatic carbocycles. The van der Waals surface area contributed by atoms with Crippen molar-refractivity contribution in [2.75, 3.05) is 13.7 Å². The van der Waals surface area contributed by atoms with Gasteiger partial charge < -0.3 is 19.9 Å². The summed E-state index contributed by atoms with van der Waals surface area (Å²) in [5.74, 6) is -0.727. The molecule has 120 valence electrons. The molecule has 2 rings (SSSR count). The minimum Gasteiger partial charge on any atom is -0.497 e. The number of aromatic carboxylic acids is 1. The predicted octanol–water partition coefficient (Wildman–Crippen LogP) is 2.22. The summed E-state index contributed by atoms with van der Waals surface area (Å²) in [6.45, 7) is -0.204. The van der Waals surface area contributed by atoms with Gasteiger partial charge in [-0.05, 0) is 25.0 Å². The molecule has 0 radical (unpaired) electrons. The van der Waals surface area contributed by atoms with Crippen molar-refractivity contribution in [2.45, 2.75) is 38.1 Å². The predicted molar refractivity (Wildman–Crippen MR) is 80.5 cm³/mol. The van der Waals surface area contributed by atoms with Crippen LogP contribution in [-0.2, 0) is 4.79 Å². The summed E-state index contributed by atoms with van der Waals surface area (Å²) in [6, 6.07) is 4.61. The van der Waals surface area contributed by atoms with Crippen molar-refractivity contribution in [2.24, 2.45) is 0 Å². The Labute approximate surface area is 129 Å². The molecule has 2 N–H and O–H groups in total.